The predicted octanol–water partition coefficient (Wildman–Crippen LogP) is 1.98. The van der Waals surface area contributed by atoms with Crippen molar-refractivity contribution < 1.29 is 14.3 Å². The summed E-state index contributed by atoms with van der Waals surface area (Å²) in [5, 5.41) is 2.84. The van der Waals surface area contributed by atoms with Crippen LogP contribution in [0.25, 0.3) is 0 Å². The Balaban J connectivity index is 1.73. The Morgan fingerprint density at radius 1 is 1.37 bits per heavy atom. The van der Waals surface area contributed by atoms with Crippen LogP contribution in [0.2, 0.25) is 0 Å². The second kappa shape index (κ2) is 6.57. The third kappa shape index (κ3) is 4.56. The van der Waals surface area contributed by atoms with Crippen molar-refractivity contribution in [2.45, 2.75) is 32.8 Å². The van der Waals surface area contributed by atoms with Crippen molar-refractivity contribution in [1.29, 1.82) is 0 Å². The minimum Gasteiger partial charge on any atom is -0.484 e. The highest BCUT2D eigenvalue weighted by Crippen LogP contribution is 2.16. The molecule has 1 amide bonds. The summed E-state index contributed by atoms with van der Waals surface area (Å²) in [6.45, 7) is 5.46. The number of carbonyl (C=O) groups excluding carboxylic acids is 1. The van der Waals surface area contributed by atoms with E-state index in [0.717, 1.165) is 36.3 Å². The number of aryl methyl sites for hydroxylation is 2. The highest BCUT2D eigenvalue weighted by molar-refractivity contribution is 5.77. The van der Waals surface area contributed by atoms with Crippen molar-refractivity contribution >= 4 is 5.91 Å². The number of hydrogen-bond donors (Lipinski definition) is 1. The molecule has 1 atom stereocenters. The molecule has 1 N–H and O–H groups in total. The average Bonchev–Trinajstić information content (AvgIpc) is 2.86. The number of ether oxygens (including phenoxy) is 2. The summed E-state index contributed by atoms with van der Waals surface area (Å²) in [7, 11) is 0. The summed E-state index contributed by atoms with van der Waals surface area (Å²) in [5.41, 5.74) is 2.27. The van der Waals surface area contributed by atoms with Crippen LogP contribution in [0, 0.1) is 13.8 Å². The summed E-state index contributed by atoms with van der Waals surface area (Å²) in [4.78, 5) is 11.7. The Morgan fingerprint density at radius 2 is 2.11 bits per heavy atom. The van der Waals surface area contributed by atoms with Crippen molar-refractivity contribution in [2.24, 2.45) is 0 Å². The first-order valence-corrected chi connectivity index (χ1v) is 6.73. The zero-order valence-corrected chi connectivity index (χ0v) is 11.6. The Bertz CT molecular complexity index is 419. The summed E-state index contributed by atoms with van der Waals surface area (Å²) >= 11 is 0. The van der Waals surface area contributed by atoms with E-state index in [9.17, 15) is 4.79 Å². The maximum atomic E-state index is 11.7. The van der Waals surface area contributed by atoms with E-state index in [0.29, 0.717) is 6.54 Å². The van der Waals surface area contributed by atoms with Crippen molar-refractivity contribution in [1.82, 2.24) is 5.32 Å². The molecule has 0 spiro atoms. The van der Waals surface area contributed by atoms with Gasteiger partial charge < -0.3 is 14.8 Å². The summed E-state index contributed by atoms with van der Waals surface area (Å²) in [6, 6.07) is 5.94. The van der Waals surface area contributed by atoms with Gasteiger partial charge in [0.15, 0.2) is 6.61 Å². The van der Waals surface area contributed by atoms with Gasteiger partial charge in [-0.15, -0.1) is 0 Å². The fourth-order valence-corrected chi connectivity index (χ4v) is 2.25. The van der Waals surface area contributed by atoms with Crippen LogP contribution in [0.5, 0.6) is 5.75 Å². The van der Waals surface area contributed by atoms with Gasteiger partial charge in [-0.3, -0.25) is 4.79 Å². The normalized spacial score (nSPS) is 18.3. The second-order valence-corrected chi connectivity index (χ2v) is 5.05. The Morgan fingerprint density at radius 3 is 2.74 bits per heavy atom. The molecule has 1 aromatic rings. The highest BCUT2D eigenvalue weighted by atomic mass is 16.5. The van der Waals surface area contributed by atoms with Crippen molar-refractivity contribution in [3.05, 3.63) is 29.3 Å². The number of nitrogens with one attached hydrogen (secondary N) is 1. The standard InChI is InChI=1S/C15H21NO3/c1-11-6-12(2)8-14(7-11)19-10-15(17)16-9-13-4-3-5-18-13/h6-8,13H,3-5,9-10H2,1-2H3,(H,16,17)/t13-/m0/s1. The Hall–Kier alpha value is -1.55. The van der Waals surface area contributed by atoms with Crippen LogP contribution in [0.15, 0.2) is 18.2 Å². The molecule has 1 fully saturated rings. The van der Waals surface area contributed by atoms with Gasteiger partial charge >= 0.3 is 0 Å². The topological polar surface area (TPSA) is 47.6 Å². The molecule has 19 heavy (non-hydrogen) atoms. The predicted molar refractivity (Wildman–Crippen MR) is 73.4 cm³/mol. The third-order valence-electron chi connectivity index (χ3n) is 3.12. The van der Waals surface area contributed by atoms with Crippen molar-refractivity contribution in [2.75, 3.05) is 19.8 Å². The molecule has 0 aromatic heterocycles. The molecule has 1 aliphatic rings. The molecular weight excluding hydrogens is 242 g/mol. The summed E-state index contributed by atoms with van der Waals surface area (Å²) in [6.07, 6.45) is 2.28. The maximum Gasteiger partial charge on any atom is 0.258 e. The van der Waals surface area contributed by atoms with Gasteiger partial charge in [-0.1, -0.05) is 6.07 Å². The van der Waals surface area contributed by atoms with Crippen LogP contribution >= 0.6 is 0 Å². The molecule has 0 aliphatic carbocycles. The van der Waals surface area contributed by atoms with Gasteiger partial charge in [0.2, 0.25) is 0 Å². The van der Waals surface area contributed by atoms with Gasteiger partial charge in [0.25, 0.3) is 5.91 Å². The lowest BCUT2D eigenvalue weighted by atomic mass is 10.1. The molecule has 1 saturated heterocycles. The number of rotatable bonds is 5. The first-order valence-electron chi connectivity index (χ1n) is 6.73. The molecule has 0 radical (unpaired) electrons. The lowest BCUT2D eigenvalue weighted by Gasteiger charge is -2.12. The van der Waals surface area contributed by atoms with E-state index in [1.165, 1.54) is 0 Å². The molecule has 0 bridgehead atoms. The molecule has 104 valence electrons. The molecule has 1 heterocycles. The smallest absolute Gasteiger partial charge is 0.258 e. The number of carbonyl (C=O) groups is 1. The van der Waals surface area contributed by atoms with E-state index < -0.39 is 0 Å². The molecule has 0 saturated carbocycles. The van der Waals surface area contributed by atoms with Crippen LogP contribution in [0.1, 0.15) is 24.0 Å². The highest BCUT2D eigenvalue weighted by Gasteiger charge is 2.16. The fraction of sp³-hybridized carbons (Fsp3) is 0.533. The van der Waals surface area contributed by atoms with E-state index in [2.05, 4.69) is 11.4 Å². The summed E-state index contributed by atoms with van der Waals surface area (Å²) < 4.78 is 10.9. The van der Waals surface area contributed by atoms with Gasteiger partial charge in [0, 0.05) is 13.2 Å². The molecule has 0 unspecified atom stereocenters. The van der Waals surface area contributed by atoms with E-state index in [-0.39, 0.29) is 18.6 Å². The largest absolute Gasteiger partial charge is 0.484 e. The van der Waals surface area contributed by atoms with Crippen molar-refractivity contribution in [3.8, 4) is 5.75 Å². The number of amides is 1. The number of hydrogen-bond acceptors (Lipinski definition) is 3. The first kappa shape index (κ1) is 13.9. The molecule has 1 aliphatic heterocycles. The lowest BCUT2D eigenvalue weighted by molar-refractivity contribution is -0.123. The zero-order valence-electron chi connectivity index (χ0n) is 11.6. The Kier molecular flexibility index (Phi) is 4.80. The van der Waals surface area contributed by atoms with E-state index in [1.807, 2.05) is 26.0 Å². The fourth-order valence-electron chi connectivity index (χ4n) is 2.25. The van der Waals surface area contributed by atoms with Crippen LogP contribution < -0.4 is 10.1 Å². The van der Waals surface area contributed by atoms with Gasteiger partial charge in [-0.25, -0.2) is 0 Å². The van der Waals surface area contributed by atoms with Crippen LogP contribution in [-0.4, -0.2) is 31.8 Å². The maximum absolute atomic E-state index is 11.7. The average molecular weight is 263 g/mol. The van der Waals surface area contributed by atoms with E-state index in [4.69, 9.17) is 9.47 Å². The monoisotopic (exact) mass is 263 g/mol. The molecule has 1 aromatic carbocycles. The van der Waals surface area contributed by atoms with Crippen LogP contribution in [0.4, 0.5) is 0 Å². The van der Waals surface area contributed by atoms with Gasteiger partial charge in [0.1, 0.15) is 5.75 Å². The zero-order chi connectivity index (χ0) is 13.7. The summed E-state index contributed by atoms with van der Waals surface area (Å²) in [5.74, 6) is 0.638. The van der Waals surface area contributed by atoms with Crippen molar-refractivity contribution in [3.63, 3.8) is 0 Å². The molecule has 4 heteroatoms. The molecular formula is C15H21NO3. The minimum atomic E-state index is -0.102. The second-order valence-electron chi connectivity index (χ2n) is 5.05. The Labute approximate surface area is 114 Å². The minimum absolute atomic E-state index is 0.0512. The van der Waals surface area contributed by atoms with Crippen LogP contribution in [-0.2, 0) is 9.53 Å². The van der Waals surface area contributed by atoms with Gasteiger partial charge in [-0.05, 0) is 49.9 Å². The van der Waals surface area contributed by atoms with Gasteiger partial charge in [-0.2, -0.15) is 0 Å². The van der Waals surface area contributed by atoms with Gasteiger partial charge in [0.05, 0.1) is 6.10 Å². The SMILES string of the molecule is Cc1cc(C)cc(OCC(=O)NC[C@@H]2CCCO2)c1. The molecule has 2 rings (SSSR count). The first-order chi connectivity index (χ1) is 9.13. The number of benzene rings is 1. The van der Waals surface area contributed by atoms with E-state index in [1.54, 1.807) is 0 Å². The van der Waals surface area contributed by atoms with E-state index >= 15 is 0 Å². The third-order valence-corrected chi connectivity index (χ3v) is 3.12. The quantitative estimate of drug-likeness (QED) is 0.883. The van der Waals surface area contributed by atoms with Crippen LogP contribution in [0.3, 0.4) is 0 Å². The lowest BCUT2D eigenvalue weighted by Crippen LogP contribution is -2.35. The molecule has 4 nitrogen and oxygen atoms in total.